The van der Waals surface area contributed by atoms with E-state index in [-0.39, 0.29) is 23.3 Å². The first kappa shape index (κ1) is 16.1. The summed E-state index contributed by atoms with van der Waals surface area (Å²) >= 11 is 0. The van der Waals surface area contributed by atoms with Crippen molar-refractivity contribution < 1.29 is 19.1 Å². The zero-order valence-corrected chi connectivity index (χ0v) is 13.3. The molecule has 2 aliphatic rings. The van der Waals surface area contributed by atoms with Crippen LogP contribution in [0.15, 0.2) is 0 Å². The maximum atomic E-state index is 12.0. The highest BCUT2D eigenvalue weighted by Gasteiger charge is 2.56. The third-order valence-corrected chi connectivity index (χ3v) is 4.05. The fourth-order valence-electron chi connectivity index (χ4n) is 2.99. The lowest BCUT2D eigenvalue weighted by Crippen LogP contribution is -2.48. The first-order valence-electron chi connectivity index (χ1n) is 7.66. The molecule has 1 aliphatic heterocycles. The van der Waals surface area contributed by atoms with Crippen molar-refractivity contribution >= 4 is 12.1 Å². The lowest BCUT2D eigenvalue weighted by molar-refractivity contribution is -0.149. The molecule has 0 aromatic heterocycles. The van der Waals surface area contributed by atoms with Gasteiger partial charge in [-0.2, -0.15) is 0 Å². The predicted molar refractivity (Wildman–Crippen MR) is 77.8 cm³/mol. The summed E-state index contributed by atoms with van der Waals surface area (Å²) in [5.74, 6) is -0.295. The molecule has 1 saturated carbocycles. The number of amides is 1. The molecule has 2 fully saturated rings. The molecule has 0 spiro atoms. The van der Waals surface area contributed by atoms with Crippen LogP contribution in [-0.2, 0) is 14.3 Å². The van der Waals surface area contributed by atoms with E-state index in [4.69, 9.17) is 9.47 Å². The highest BCUT2D eigenvalue weighted by Crippen LogP contribution is 2.47. The third-order valence-electron chi connectivity index (χ3n) is 4.05. The molecular formula is C15H26N2O4. The first-order chi connectivity index (χ1) is 9.77. The maximum Gasteiger partial charge on any atom is 0.408 e. The number of rotatable bonds is 4. The summed E-state index contributed by atoms with van der Waals surface area (Å²) in [5, 5.41) is 6.22. The van der Waals surface area contributed by atoms with Gasteiger partial charge >= 0.3 is 12.1 Å². The Morgan fingerprint density at radius 3 is 2.48 bits per heavy atom. The molecule has 21 heavy (non-hydrogen) atoms. The molecule has 1 saturated heterocycles. The average molecular weight is 298 g/mol. The van der Waals surface area contributed by atoms with E-state index < -0.39 is 11.7 Å². The number of carbonyl (C=O) groups is 2. The molecule has 6 nitrogen and oxygen atoms in total. The number of nitrogens with one attached hydrogen (secondary N) is 2. The Balaban J connectivity index is 1.99. The standard InChI is InChI=1S/C15H26N2O4/c1-5-20-12(18)10-8-16-9-11(10)15(6-7-15)17-13(19)21-14(2,3)4/h10-11,16H,5-9H2,1-4H3,(H,17,19). The Kier molecular flexibility index (Phi) is 4.46. The van der Waals surface area contributed by atoms with Crippen LogP contribution in [0.3, 0.4) is 0 Å². The summed E-state index contributed by atoms with van der Waals surface area (Å²) in [6.07, 6.45) is 1.36. The minimum atomic E-state index is -0.519. The van der Waals surface area contributed by atoms with Crippen molar-refractivity contribution in [3.63, 3.8) is 0 Å². The van der Waals surface area contributed by atoms with Crippen LogP contribution >= 0.6 is 0 Å². The van der Waals surface area contributed by atoms with Gasteiger partial charge in [0.15, 0.2) is 0 Å². The molecule has 2 atom stereocenters. The van der Waals surface area contributed by atoms with E-state index in [9.17, 15) is 9.59 Å². The summed E-state index contributed by atoms with van der Waals surface area (Å²) in [4.78, 5) is 24.0. The second-order valence-corrected chi connectivity index (χ2v) is 6.91. The highest BCUT2D eigenvalue weighted by molar-refractivity contribution is 5.75. The van der Waals surface area contributed by atoms with E-state index in [1.807, 2.05) is 20.8 Å². The van der Waals surface area contributed by atoms with Crippen LogP contribution in [0, 0.1) is 11.8 Å². The van der Waals surface area contributed by atoms with Crippen molar-refractivity contribution in [3.05, 3.63) is 0 Å². The monoisotopic (exact) mass is 298 g/mol. The van der Waals surface area contributed by atoms with Crippen LogP contribution in [-0.4, -0.2) is 42.9 Å². The lowest BCUT2D eigenvalue weighted by atomic mass is 9.87. The lowest BCUT2D eigenvalue weighted by Gasteiger charge is -2.29. The van der Waals surface area contributed by atoms with Crippen LogP contribution < -0.4 is 10.6 Å². The summed E-state index contributed by atoms with van der Waals surface area (Å²) in [6.45, 7) is 9.04. The normalized spacial score (nSPS) is 27.0. The fourth-order valence-corrected chi connectivity index (χ4v) is 2.99. The van der Waals surface area contributed by atoms with E-state index in [0.717, 1.165) is 19.4 Å². The average Bonchev–Trinajstić information content (AvgIpc) is 2.93. The van der Waals surface area contributed by atoms with Crippen LogP contribution in [0.25, 0.3) is 0 Å². The van der Waals surface area contributed by atoms with Crippen molar-refractivity contribution in [2.24, 2.45) is 11.8 Å². The number of ether oxygens (including phenoxy) is 2. The fraction of sp³-hybridized carbons (Fsp3) is 0.867. The minimum absolute atomic E-state index is 0.0732. The predicted octanol–water partition coefficient (Wildman–Crippen LogP) is 1.44. The quantitative estimate of drug-likeness (QED) is 0.768. The molecule has 1 amide bonds. The topological polar surface area (TPSA) is 76.7 Å². The molecule has 6 heteroatoms. The molecule has 2 rings (SSSR count). The van der Waals surface area contributed by atoms with E-state index in [1.54, 1.807) is 6.92 Å². The van der Waals surface area contributed by atoms with Gasteiger partial charge in [0.05, 0.1) is 12.5 Å². The number of carbonyl (C=O) groups excluding carboxylic acids is 2. The zero-order chi connectivity index (χ0) is 15.7. The van der Waals surface area contributed by atoms with Crippen LogP contribution in [0.4, 0.5) is 4.79 Å². The molecule has 0 aromatic carbocycles. The van der Waals surface area contributed by atoms with Crippen molar-refractivity contribution in [2.75, 3.05) is 19.7 Å². The Bertz CT molecular complexity index is 412. The Hall–Kier alpha value is -1.30. The van der Waals surface area contributed by atoms with E-state index in [0.29, 0.717) is 13.2 Å². The molecule has 1 heterocycles. The van der Waals surface area contributed by atoms with Crippen molar-refractivity contribution in [1.82, 2.24) is 10.6 Å². The third kappa shape index (κ3) is 3.87. The van der Waals surface area contributed by atoms with E-state index in [1.165, 1.54) is 0 Å². The van der Waals surface area contributed by atoms with Crippen molar-refractivity contribution in [1.29, 1.82) is 0 Å². The second-order valence-electron chi connectivity index (χ2n) is 6.91. The molecule has 1 aliphatic carbocycles. The molecule has 0 bridgehead atoms. The number of hydrogen-bond acceptors (Lipinski definition) is 5. The maximum absolute atomic E-state index is 12.0. The van der Waals surface area contributed by atoms with Crippen LogP contribution in [0.1, 0.15) is 40.5 Å². The van der Waals surface area contributed by atoms with Crippen molar-refractivity contribution in [3.8, 4) is 0 Å². The number of hydrogen-bond donors (Lipinski definition) is 2. The molecule has 0 radical (unpaired) electrons. The first-order valence-corrected chi connectivity index (χ1v) is 7.66. The Morgan fingerprint density at radius 1 is 1.29 bits per heavy atom. The number of alkyl carbamates (subject to hydrolysis) is 1. The summed E-state index contributed by atoms with van der Waals surface area (Å²) in [5.41, 5.74) is -0.835. The SMILES string of the molecule is CCOC(=O)C1CNCC1C1(NC(=O)OC(C)(C)C)CC1. The summed E-state index contributed by atoms with van der Waals surface area (Å²) in [6, 6.07) is 0. The van der Waals surface area contributed by atoms with E-state index >= 15 is 0 Å². The van der Waals surface area contributed by atoms with Gasteiger partial charge in [0.1, 0.15) is 5.60 Å². The van der Waals surface area contributed by atoms with Crippen LogP contribution in [0.2, 0.25) is 0 Å². The molecule has 2 unspecified atom stereocenters. The molecule has 120 valence electrons. The van der Waals surface area contributed by atoms with Gasteiger partial charge in [0.25, 0.3) is 0 Å². The zero-order valence-electron chi connectivity index (χ0n) is 13.3. The van der Waals surface area contributed by atoms with Gasteiger partial charge in [-0.1, -0.05) is 0 Å². The molecule has 2 N–H and O–H groups in total. The van der Waals surface area contributed by atoms with E-state index in [2.05, 4.69) is 10.6 Å². The van der Waals surface area contributed by atoms with Crippen molar-refractivity contribution in [2.45, 2.75) is 51.7 Å². The van der Waals surface area contributed by atoms with Gasteiger partial charge < -0.3 is 20.1 Å². The number of esters is 1. The largest absolute Gasteiger partial charge is 0.466 e. The summed E-state index contributed by atoms with van der Waals surface area (Å²) in [7, 11) is 0. The Labute approximate surface area is 125 Å². The molecular weight excluding hydrogens is 272 g/mol. The van der Waals surface area contributed by atoms with Crippen LogP contribution in [0.5, 0.6) is 0 Å². The summed E-state index contributed by atoms with van der Waals surface area (Å²) < 4.78 is 10.5. The molecule has 0 aromatic rings. The van der Waals surface area contributed by atoms with Gasteiger partial charge in [-0.3, -0.25) is 4.79 Å². The Morgan fingerprint density at radius 2 is 1.95 bits per heavy atom. The minimum Gasteiger partial charge on any atom is -0.466 e. The van der Waals surface area contributed by atoms with Gasteiger partial charge in [-0.05, 0) is 40.5 Å². The second kappa shape index (κ2) is 5.83. The van der Waals surface area contributed by atoms with Gasteiger partial charge in [-0.25, -0.2) is 4.79 Å². The van der Waals surface area contributed by atoms with Gasteiger partial charge in [0.2, 0.25) is 0 Å². The van der Waals surface area contributed by atoms with Gasteiger partial charge in [-0.15, -0.1) is 0 Å². The smallest absolute Gasteiger partial charge is 0.408 e. The highest BCUT2D eigenvalue weighted by atomic mass is 16.6. The van der Waals surface area contributed by atoms with Gasteiger partial charge in [0, 0.05) is 24.5 Å².